The third-order valence-electron chi connectivity index (χ3n) is 4.38. The zero-order valence-electron chi connectivity index (χ0n) is 15.6. The van der Waals surface area contributed by atoms with Crippen LogP contribution in [-0.2, 0) is 0 Å². The molecule has 4 rings (SSSR count). The number of carbonyl (C=O) groups excluding carboxylic acids is 2. The Morgan fingerprint density at radius 3 is 2.33 bits per heavy atom. The lowest BCUT2D eigenvalue weighted by Gasteiger charge is -2.21. The van der Waals surface area contributed by atoms with Crippen LogP contribution in [0.5, 0.6) is 11.5 Å². The smallest absolute Gasteiger partial charge is 0.323 e. The molecule has 0 saturated heterocycles. The van der Waals surface area contributed by atoms with E-state index >= 15 is 0 Å². The number of urea groups is 1. The maximum atomic E-state index is 13.2. The van der Waals surface area contributed by atoms with Crippen molar-refractivity contribution in [3.63, 3.8) is 0 Å². The van der Waals surface area contributed by atoms with Crippen molar-refractivity contribution in [3.8, 4) is 11.5 Å². The van der Waals surface area contributed by atoms with Crippen LogP contribution in [0.15, 0.2) is 65.1 Å². The second-order valence-corrected chi connectivity index (χ2v) is 7.73. The Kier molecular flexibility index (Phi) is 5.92. The molecule has 1 heterocycles. The molecule has 0 atom stereocenters. The highest BCUT2D eigenvalue weighted by Crippen LogP contribution is 2.37. The van der Waals surface area contributed by atoms with Crippen molar-refractivity contribution in [3.05, 3.63) is 81.3 Å². The van der Waals surface area contributed by atoms with Gasteiger partial charge in [0.25, 0.3) is 0 Å². The van der Waals surface area contributed by atoms with Gasteiger partial charge in [0.1, 0.15) is 13.2 Å². The van der Waals surface area contributed by atoms with Crippen molar-refractivity contribution in [1.29, 1.82) is 0 Å². The lowest BCUT2D eigenvalue weighted by Crippen LogP contribution is -2.22. The number of hydrogen-bond acceptors (Lipinski definition) is 4. The fraction of sp³-hybridized carbons (Fsp3) is 0.0909. The topological polar surface area (TPSA) is 76.7 Å². The summed E-state index contributed by atoms with van der Waals surface area (Å²) >= 11 is 9.37. The predicted molar refractivity (Wildman–Crippen MR) is 119 cm³/mol. The van der Waals surface area contributed by atoms with Crippen LogP contribution >= 0.6 is 27.5 Å². The summed E-state index contributed by atoms with van der Waals surface area (Å²) in [5.41, 5.74) is 1.58. The third kappa shape index (κ3) is 4.42. The molecular formula is C22H16BrClN2O4. The van der Waals surface area contributed by atoms with Crippen LogP contribution in [-0.4, -0.2) is 25.0 Å². The van der Waals surface area contributed by atoms with Crippen molar-refractivity contribution in [2.45, 2.75) is 0 Å². The van der Waals surface area contributed by atoms with Gasteiger partial charge in [-0.2, -0.15) is 0 Å². The number of amides is 2. The molecule has 0 spiro atoms. The van der Waals surface area contributed by atoms with E-state index in [1.54, 1.807) is 54.6 Å². The van der Waals surface area contributed by atoms with E-state index in [9.17, 15) is 9.59 Å². The average Bonchev–Trinajstić information content (AvgIpc) is 2.73. The molecule has 2 amide bonds. The van der Waals surface area contributed by atoms with E-state index in [1.165, 1.54) is 0 Å². The summed E-state index contributed by atoms with van der Waals surface area (Å²) < 4.78 is 11.9. The number of anilines is 2. The van der Waals surface area contributed by atoms with E-state index in [1.807, 2.05) is 6.07 Å². The summed E-state index contributed by atoms with van der Waals surface area (Å²) in [6.45, 7) is 0.774. The van der Waals surface area contributed by atoms with E-state index in [0.29, 0.717) is 51.1 Å². The molecule has 0 unspecified atom stereocenters. The lowest BCUT2D eigenvalue weighted by molar-refractivity contribution is 0.103. The standard InChI is InChI=1S/C22H16BrClN2O4/c23-17-7-2-1-6-15(17)21(27)16-11-19-20(30-9-8-29-19)12-18(16)26-22(28)25-14-5-3-4-13(24)10-14/h1-7,10-12H,8-9H2,(H2,25,26,28). The monoisotopic (exact) mass is 486 g/mol. The molecule has 1 aliphatic heterocycles. The summed E-state index contributed by atoms with van der Waals surface area (Å²) in [6, 6.07) is 16.5. The highest BCUT2D eigenvalue weighted by Gasteiger charge is 2.23. The quantitative estimate of drug-likeness (QED) is 0.460. The molecule has 6 nitrogen and oxygen atoms in total. The lowest BCUT2D eigenvalue weighted by atomic mass is 10.0. The SMILES string of the molecule is O=C(Nc1cccc(Cl)c1)Nc1cc2c(cc1C(=O)c1ccccc1Br)OCCO2. The number of nitrogens with one attached hydrogen (secondary N) is 2. The Bertz CT molecular complexity index is 1140. The number of ketones is 1. The number of carbonyl (C=O) groups is 2. The zero-order valence-corrected chi connectivity index (χ0v) is 17.9. The Hall–Kier alpha value is -3.03. The Labute approximate surface area is 186 Å². The van der Waals surface area contributed by atoms with E-state index in [0.717, 1.165) is 0 Å². The minimum atomic E-state index is -0.518. The molecule has 2 N–H and O–H groups in total. The average molecular weight is 488 g/mol. The van der Waals surface area contributed by atoms with Crippen LogP contribution in [0.25, 0.3) is 0 Å². The summed E-state index contributed by atoms with van der Waals surface area (Å²) in [5.74, 6) is 0.651. The maximum Gasteiger partial charge on any atom is 0.323 e. The molecule has 0 bridgehead atoms. The van der Waals surface area contributed by atoms with Crippen LogP contribution in [0.4, 0.5) is 16.2 Å². The Morgan fingerprint density at radius 1 is 0.867 bits per heavy atom. The van der Waals surface area contributed by atoms with Gasteiger partial charge in [-0.3, -0.25) is 4.79 Å². The van der Waals surface area contributed by atoms with Gasteiger partial charge in [-0.15, -0.1) is 0 Å². The van der Waals surface area contributed by atoms with Gasteiger partial charge in [0.05, 0.1) is 11.3 Å². The first-order valence-electron chi connectivity index (χ1n) is 9.08. The number of hydrogen-bond donors (Lipinski definition) is 2. The second-order valence-electron chi connectivity index (χ2n) is 6.44. The number of halogens is 2. The molecule has 3 aromatic carbocycles. The largest absolute Gasteiger partial charge is 0.486 e. The molecule has 30 heavy (non-hydrogen) atoms. The van der Waals surface area contributed by atoms with Crippen molar-refractivity contribution < 1.29 is 19.1 Å². The normalized spacial score (nSPS) is 12.2. The van der Waals surface area contributed by atoms with Crippen molar-refractivity contribution in [2.75, 3.05) is 23.8 Å². The minimum Gasteiger partial charge on any atom is -0.486 e. The van der Waals surface area contributed by atoms with Gasteiger partial charge in [0.2, 0.25) is 0 Å². The highest BCUT2D eigenvalue weighted by atomic mass is 79.9. The van der Waals surface area contributed by atoms with Crippen LogP contribution < -0.4 is 20.1 Å². The van der Waals surface area contributed by atoms with Gasteiger partial charge in [0.15, 0.2) is 17.3 Å². The first-order chi connectivity index (χ1) is 14.5. The second kappa shape index (κ2) is 8.77. The highest BCUT2D eigenvalue weighted by molar-refractivity contribution is 9.10. The van der Waals surface area contributed by atoms with Crippen LogP contribution in [0.2, 0.25) is 5.02 Å². The summed E-state index contributed by atoms with van der Waals surface area (Å²) in [7, 11) is 0. The van der Waals surface area contributed by atoms with Crippen molar-refractivity contribution in [1.82, 2.24) is 0 Å². The number of ether oxygens (including phenoxy) is 2. The van der Waals surface area contributed by atoms with E-state index in [4.69, 9.17) is 21.1 Å². The Balaban J connectivity index is 1.68. The van der Waals surface area contributed by atoms with Crippen molar-refractivity contribution in [2.24, 2.45) is 0 Å². The van der Waals surface area contributed by atoms with Gasteiger partial charge in [-0.05, 0) is 36.4 Å². The van der Waals surface area contributed by atoms with Gasteiger partial charge in [-0.25, -0.2) is 4.79 Å². The van der Waals surface area contributed by atoms with Gasteiger partial charge in [0, 0.05) is 26.8 Å². The summed E-state index contributed by atoms with van der Waals surface area (Å²) in [4.78, 5) is 25.8. The van der Waals surface area contributed by atoms with Crippen LogP contribution in [0.1, 0.15) is 15.9 Å². The molecule has 152 valence electrons. The summed E-state index contributed by atoms with van der Waals surface area (Å²) in [6.07, 6.45) is 0. The molecule has 0 radical (unpaired) electrons. The molecule has 0 saturated carbocycles. The van der Waals surface area contributed by atoms with E-state index in [-0.39, 0.29) is 11.3 Å². The molecule has 0 aliphatic carbocycles. The van der Waals surface area contributed by atoms with E-state index in [2.05, 4.69) is 26.6 Å². The third-order valence-corrected chi connectivity index (χ3v) is 5.30. The molecular weight excluding hydrogens is 472 g/mol. The molecule has 8 heteroatoms. The molecule has 0 aromatic heterocycles. The number of benzene rings is 3. The molecule has 0 fully saturated rings. The fourth-order valence-electron chi connectivity index (χ4n) is 3.02. The molecule has 3 aromatic rings. The maximum absolute atomic E-state index is 13.2. The summed E-state index contributed by atoms with van der Waals surface area (Å²) in [5, 5.41) is 5.93. The predicted octanol–water partition coefficient (Wildman–Crippen LogP) is 5.75. The van der Waals surface area contributed by atoms with Crippen LogP contribution in [0.3, 0.4) is 0 Å². The first kappa shape index (κ1) is 20.3. The number of rotatable bonds is 4. The van der Waals surface area contributed by atoms with Gasteiger partial charge < -0.3 is 20.1 Å². The van der Waals surface area contributed by atoms with Gasteiger partial charge in [-0.1, -0.05) is 45.7 Å². The fourth-order valence-corrected chi connectivity index (χ4v) is 3.68. The zero-order chi connectivity index (χ0) is 21.1. The Morgan fingerprint density at radius 2 is 1.60 bits per heavy atom. The molecule has 1 aliphatic rings. The minimum absolute atomic E-state index is 0.266. The first-order valence-corrected chi connectivity index (χ1v) is 10.2. The van der Waals surface area contributed by atoms with E-state index < -0.39 is 6.03 Å². The van der Waals surface area contributed by atoms with Gasteiger partial charge >= 0.3 is 6.03 Å². The van der Waals surface area contributed by atoms with Crippen LogP contribution in [0, 0.1) is 0 Å². The van der Waals surface area contributed by atoms with Crippen molar-refractivity contribution >= 4 is 50.7 Å². The number of fused-ring (bicyclic) bond motifs is 1.